The lowest BCUT2D eigenvalue weighted by molar-refractivity contribution is 0.571. The first-order valence-corrected chi connectivity index (χ1v) is 4.39. The van der Waals surface area contributed by atoms with E-state index in [1.807, 2.05) is 6.92 Å². The first-order chi connectivity index (χ1) is 4.04. The molecule has 0 fully saturated rings. The first-order valence-electron chi connectivity index (χ1n) is 2.89. The molecular formula is C5H12NO2S. The van der Waals surface area contributed by atoms with Gasteiger partial charge in [-0.05, 0) is 13.3 Å². The van der Waals surface area contributed by atoms with Crippen LogP contribution < -0.4 is 4.72 Å². The van der Waals surface area contributed by atoms with Crippen molar-refractivity contribution in [1.82, 2.24) is 4.72 Å². The van der Waals surface area contributed by atoms with Crippen molar-refractivity contribution in [3.8, 4) is 0 Å². The van der Waals surface area contributed by atoms with Crippen molar-refractivity contribution in [2.75, 3.05) is 7.05 Å². The van der Waals surface area contributed by atoms with E-state index in [1.165, 1.54) is 7.05 Å². The Kier molecular flexibility index (Phi) is 3.14. The fraction of sp³-hybridized carbons (Fsp3) is 1.00. The number of nitrogens with zero attached hydrogens (tertiary/aromatic N) is 1. The SMILES string of the molecule is CCC(C)S(=O)(=O)[N]C. The van der Waals surface area contributed by atoms with Crippen LogP contribution >= 0.6 is 0 Å². The van der Waals surface area contributed by atoms with E-state index < -0.39 is 10.0 Å². The molecule has 0 rings (SSSR count). The third-order valence-corrected chi connectivity index (χ3v) is 3.20. The lowest BCUT2D eigenvalue weighted by atomic mass is 10.4. The van der Waals surface area contributed by atoms with Gasteiger partial charge < -0.3 is 0 Å². The molecular weight excluding hydrogens is 138 g/mol. The van der Waals surface area contributed by atoms with Crippen LogP contribution in [0.3, 0.4) is 0 Å². The third kappa shape index (κ3) is 2.32. The Morgan fingerprint density at radius 3 is 2.11 bits per heavy atom. The van der Waals surface area contributed by atoms with Crippen LogP contribution in [0.25, 0.3) is 0 Å². The molecule has 0 aliphatic heterocycles. The van der Waals surface area contributed by atoms with E-state index in [2.05, 4.69) is 4.72 Å². The minimum Gasteiger partial charge on any atom is -0.211 e. The van der Waals surface area contributed by atoms with Crippen LogP contribution in [-0.2, 0) is 10.0 Å². The van der Waals surface area contributed by atoms with Gasteiger partial charge in [0.2, 0.25) is 10.0 Å². The fourth-order valence-corrected chi connectivity index (χ4v) is 1.17. The second kappa shape index (κ2) is 3.17. The Morgan fingerprint density at radius 1 is 1.56 bits per heavy atom. The molecule has 0 aromatic heterocycles. The Morgan fingerprint density at radius 2 is 2.00 bits per heavy atom. The molecule has 0 heterocycles. The summed E-state index contributed by atoms with van der Waals surface area (Å²) in [6.45, 7) is 3.48. The van der Waals surface area contributed by atoms with Crippen LogP contribution in [0.1, 0.15) is 20.3 Å². The van der Waals surface area contributed by atoms with Gasteiger partial charge in [-0.3, -0.25) is 0 Å². The monoisotopic (exact) mass is 150 g/mol. The molecule has 0 saturated carbocycles. The van der Waals surface area contributed by atoms with E-state index in [-0.39, 0.29) is 5.25 Å². The second-order valence-corrected chi connectivity index (χ2v) is 4.12. The van der Waals surface area contributed by atoms with Gasteiger partial charge >= 0.3 is 0 Å². The zero-order valence-electron chi connectivity index (χ0n) is 5.96. The molecule has 1 atom stereocenters. The predicted octanol–water partition coefficient (Wildman–Crippen LogP) is 0.349. The first kappa shape index (κ1) is 8.91. The quantitative estimate of drug-likeness (QED) is 0.582. The minimum absolute atomic E-state index is 0.331. The summed E-state index contributed by atoms with van der Waals surface area (Å²) in [6.07, 6.45) is 0.625. The summed E-state index contributed by atoms with van der Waals surface area (Å²) in [5.74, 6) is 0. The van der Waals surface area contributed by atoms with E-state index in [9.17, 15) is 8.42 Å². The van der Waals surface area contributed by atoms with Gasteiger partial charge in [-0.2, -0.15) is 0 Å². The second-order valence-electron chi connectivity index (χ2n) is 1.92. The minimum atomic E-state index is -3.12. The van der Waals surface area contributed by atoms with Crippen LogP contribution in [0.4, 0.5) is 0 Å². The van der Waals surface area contributed by atoms with Crippen molar-refractivity contribution < 1.29 is 8.42 Å². The molecule has 9 heavy (non-hydrogen) atoms. The van der Waals surface area contributed by atoms with E-state index in [1.54, 1.807) is 6.92 Å². The van der Waals surface area contributed by atoms with Crippen molar-refractivity contribution in [3.05, 3.63) is 0 Å². The van der Waals surface area contributed by atoms with Gasteiger partial charge in [0.1, 0.15) is 0 Å². The van der Waals surface area contributed by atoms with Crippen molar-refractivity contribution in [3.63, 3.8) is 0 Å². The summed E-state index contributed by atoms with van der Waals surface area (Å²) in [6, 6.07) is 0. The fourth-order valence-electron chi connectivity index (χ4n) is 0.391. The van der Waals surface area contributed by atoms with Crippen LogP contribution in [-0.4, -0.2) is 20.7 Å². The Labute approximate surface area is 56.5 Å². The van der Waals surface area contributed by atoms with Crippen LogP contribution in [0.5, 0.6) is 0 Å². The third-order valence-electron chi connectivity index (χ3n) is 1.34. The van der Waals surface area contributed by atoms with E-state index in [4.69, 9.17) is 0 Å². The molecule has 4 heteroatoms. The van der Waals surface area contributed by atoms with Crippen LogP contribution in [0.15, 0.2) is 0 Å². The summed E-state index contributed by atoms with van der Waals surface area (Å²) in [4.78, 5) is 0. The maximum Gasteiger partial charge on any atom is 0.230 e. The molecule has 0 spiro atoms. The van der Waals surface area contributed by atoms with Gasteiger partial charge in [-0.25, -0.2) is 8.42 Å². The summed E-state index contributed by atoms with van der Waals surface area (Å²) >= 11 is 0. The zero-order valence-corrected chi connectivity index (χ0v) is 6.77. The number of hydrogen-bond acceptors (Lipinski definition) is 2. The molecule has 0 aliphatic carbocycles. The summed E-state index contributed by atoms with van der Waals surface area (Å²) < 4.78 is 24.8. The van der Waals surface area contributed by atoms with Gasteiger partial charge in [0.15, 0.2) is 0 Å². The maximum atomic E-state index is 10.8. The van der Waals surface area contributed by atoms with Crippen LogP contribution in [0, 0.1) is 0 Å². The molecule has 0 aromatic rings. The highest BCUT2D eigenvalue weighted by molar-refractivity contribution is 7.89. The molecule has 3 nitrogen and oxygen atoms in total. The highest BCUT2D eigenvalue weighted by atomic mass is 32.2. The Balaban J connectivity index is 4.17. The van der Waals surface area contributed by atoms with E-state index in [0.29, 0.717) is 6.42 Å². The molecule has 0 aromatic carbocycles. The molecule has 1 radical (unpaired) electrons. The Bertz CT molecular complexity index is 162. The molecule has 0 N–H and O–H groups in total. The molecule has 55 valence electrons. The van der Waals surface area contributed by atoms with E-state index >= 15 is 0 Å². The molecule has 0 amide bonds. The average molecular weight is 150 g/mol. The summed E-state index contributed by atoms with van der Waals surface area (Å²) in [7, 11) is -1.82. The largest absolute Gasteiger partial charge is 0.230 e. The van der Waals surface area contributed by atoms with Crippen molar-refractivity contribution in [2.45, 2.75) is 25.5 Å². The molecule has 0 aliphatic rings. The van der Waals surface area contributed by atoms with Gasteiger partial charge in [0.25, 0.3) is 0 Å². The summed E-state index contributed by atoms with van der Waals surface area (Å²) in [5.41, 5.74) is 0. The van der Waals surface area contributed by atoms with E-state index in [0.717, 1.165) is 0 Å². The van der Waals surface area contributed by atoms with Crippen molar-refractivity contribution >= 4 is 10.0 Å². The Hall–Kier alpha value is -0.0900. The molecule has 1 unspecified atom stereocenters. The number of rotatable bonds is 3. The van der Waals surface area contributed by atoms with Gasteiger partial charge in [0, 0.05) is 7.05 Å². The van der Waals surface area contributed by atoms with Gasteiger partial charge in [0.05, 0.1) is 5.25 Å². The lowest BCUT2D eigenvalue weighted by Gasteiger charge is -2.05. The predicted molar refractivity (Wildman–Crippen MR) is 36.7 cm³/mol. The van der Waals surface area contributed by atoms with Gasteiger partial charge in [-0.1, -0.05) is 6.92 Å². The maximum absolute atomic E-state index is 10.8. The summed E-state index contributed by atoms with van der Waals surface area (Å²) in [5, 5.41) is -0.331. The average Bonchev–Trinajstić information content (AvgIpc) is 1.86. The number of hydrogen-bond donors (Lipinski definition) is 0. The number of sulfonamides is 1. The van der Waals surface area contributed by atoms with Gasteiger partial charge in [-0.15, -0.1) is 4.72 Å². The zero-order chi connectivity index (χ0) is 7.49. The molecule has 0 saturated heterocycles. The smallest absolute Gasteiger partial charge is 0.211 e. The van der Waals surface area contributed by atoms with Crippen molar-refractivity contribution in [1.29, 1.82) is 0 Å². The highest BCUT2D eigenvalue weighted by Crippen LogP contribution is 2.01. The normalized spacial score (nSPS) is 15.4. The standard InChI is InChI=1S/C5H12NO2S/c1-4-5(2)9(7,8)6-3/h5H,4H2,1-3H3. The topological polar surface area (TPSA) is 48.2 Å². The van der Waals surface area contributed by atoms with Crippen molar-refractivity contribution in [2.24, 2.45) is 0 Å². The highest BCUT2D eigenvalue weighted by Gasteiger charge is 2.16. The molecule has 0 bridgehead atoms. The lowest BCUT2D eigenvalue weighted by Crippen LogP contribution is -2.23. The van der Waals surface area contributed by atoms with Crippen LogP contribution in [0.2, 0.25) is 0 Å².